The molecule has 3 heteroatoms. The first-order valence-electron chi connectivity index (χ1n) is 8.86. The minimum Gasteiger partial charge on any atom is -0.417 e. The van der Waals surface area contributed by atoms with Gasteiger partial charge in [0, 0.05) is 18.6 Å². The zero-order chi connectivity index (χ0) is 16.3. The molecule has 0 aliphatic heterocycles. The molecule has 0 aromatic carbocycles. The van der Waals surface area contributed by atoms with Crippen molar-refractivity contribution in [1.82, 2.24) is 0 Å². The number of allylic oxidation sites excluding steroid dienone is 4. The summed E-state index contributed by atoms with van der Waals surface area (Å²) in [6.45, 7) is 14.3. The third-order valence-electron chi connectivity index (χ3n) is 5.65. The van der Waals surface area contributed by atoms with Crippen LogP contribution in [-0.2, 0) is 9.16 Å². The number of hydrogen-bond acceptors (Lipinski definition) is 2. The number of unbranched alkanes of at least 4 members (excludes halogenated alkanes) is 2. The second kappa shape index (κ2) is 7.02. The monoisotopic (exact) mass is 322 g/mol. The molecule has 1 spiro atoms. The molecule has 1 fully saturated rings. The van der Waals surface area contributed by atoms with Gasteiger partial charge in [-0.25, -0.2) is 0 Å². The van der Waals surface area contributed by atoms with E-state index in [9.17, 15) is 0 Å². The summed E-state index contributed by atoms with van der Waals surface area (Å²) in [5.41, 5.74) is 0.386. The molecule has 22 heavy (non-hydrogen) atoms. The Morgan fingerprint density at radius 3 is 2.32 bits per heavy atom. The topological polar surface area (TPSA) is 18.5 Å². The van der Waals surface area contributed by atoms with Crippen LogP contribution >= 0.6 is 0 Å². The summed E-state index contributed by atoms with van der Waals surface area (Å²) >= 11 is 0. The Labute approximate surface area is 138 Å². The van der Waals surface area contributed by atoms with Gasteiger partial charge in [0.05, 0.1) is 6.61 Å². The Hall–Kier alpha value is -0.383. The molecule has 0 amide bonds. The fourth-order valence-electron chi connectivity index (χ4n) is 2.77. The van der Waals surface area contributed by atoms with Gasteiger partial charge in [0.1, 0.15) is 0 Å². The molecule has 0 N–H and O–H groups in total. The van der Waals surface area contributed by atoms with E-state index in [-0.39, 0.29) is 0 Å². The molecule has 0 aromatic rings. The SMILES string of the molecule is CC(C)(C)[Si](C)(C)OCCCCCOCC1CC12C=CC=C2. The number of hydrogen-bond donors (Lipinski definition) is 0. The molecule has 0 saturated heterocycles. The summed E-state index contributed by atoms with van der Waals surface area (Å²) in [5.74, 6) is 0.726. The van der Waals surface area contributed by atoms with Gasteiger partial charge in [-0.1, -0.05) is 45.1 Å². The third-order valence-corrected chi connectivity index (χ3v) is 10.2. The summed E-state index contributed by atoms with van der Waals surface area (Å²) in [5, 5.41) is 0.319. The molecule has 1 saturated carbocycles. The summed E-state index contributed by atoms with van der Waals surface area (Å²) in [4.78, 5) is 0. The molecule has 1 atom stereocenters. The Morgan fingerprint density at radius 1 is 1.05 bits per heavy atom. The first kappa shape index (κ1) is 18.0. The van der Waals surface area contributed by atoms with E-state index in [1.807, 2.05) is 0 Å². The zero-order valence-electron chi connectivity index (χ0n) is 15.2. The van der Waals surface area contributed by atoms with Crippen molar-refractivity contribution in [2.45, 2.75) is 64.6 Å². The standard InChI is InChI=1S/C19H34O2Si/c1-18(2,3)22(4,5)21-14-10-6-9-13-20-16-17-15-19(17)11-7-8-12-19/h7-8,11-12,17H,6,9-10,13-16H2,1-5H3. The van der Waals surface area contributed by atoms with Crippen molar-refractivity contribution in [3.63, 3.8) is 0 Å². The normalized spacial score (nSPS) is 22.7. The van der Waals surface area contributed by atoms with Gasteiger partial charge in [-0.05, 0) is 49.7 Å². The highest BCUT2D eigenvalue weighted by Gasteiger charge is 2.50. The van der Waals surface area contributed by atoms with Crippen LogP contribution in [0, 0.1) is 11.3 Å². The molecule has 2 nitrogen and oxygen atoms in total. The first-order chi connectivity index (χ1) is 10.3. The largest absolute Gasteiger partial charge is 0.417 e. The van der Waals surface area contributed by atoms with Crippen LogP contribution in [-0.4, -0.2) is 28.1 Å². The molecular weight excluding hydrogens is 288 g/mol. The molecule has 1 unspecified atom stereocenters. The minimum atomic E-state index is -1.55. The first-order valence-corrected chi connectivity index (χ1v) is 11.8. The van der Waals surface area contributed by atoms with Gasteiger partial charge in [-0.15, -0.1) is 0 Å². The second-order valence-corrected chi connectivity index (χ2v) is 13.3. The Bertz CT molecular complexity index is 406. The maximum absolute atomic E-state index is 6.19. The minimum absolute atomic E-state index is 0.319. The summed E-state index contributed by atoms with van der Waals surface area (Å²) in [6, 6.07) is 0. The average Bonchev–Trinajstić information content (AvgIpc) is 2.86. The molecule has 126 valence electrons. The maximum atomic E-state index is 6.19. The van der Waals surface area contributed by atoms with Crippen LogP contribution in [0.15, 0.2) is 24.3 Å². The lowest BCUT2D eigenvalue weighted by Gasteiger charge is -2.36. The quantitative estimate of drug-likeness (QED) is 0.422. The Balaban J connectivity index is 1.44. The third kappa shape index (κ3) is 4.56. The van der Waals surface area contributed by atoms with Gasteiger partial charge in [0.15, 0.2) is 8.32 Å². The maximum Gasteiger partial charge on any atom is 0.191 e. The molecule has 2 aliphatic carbocycles. The van der Waals surface area contributed by atoms with E-state index in [0.29, 0.717) is 10.5 Å². The van der Waals surface area contributed by atoms with Crippen LogP contribution in [0.25, 0.3) is 0 Å². The molecule has 2 rings (SSSR count). The predicted molar refractivity (Wildman–Crippen MR) is 96.6 cm³/mol. The highest BCUT2D eigenvalue weighted by atomic mass is 28.4. The van der Waals surface area contributed by atoms with E-state index < -0.39 is 8.32 Å². The second-order valence-electron chi connectivity index (χ2n) is 8.48. The van der Waals surface area contributed by atoms with Gasteiger partial charge in [-0.3, -0.25) is 0 Å². The average molecular weight is 323 g/mol. The van der Waals surface area contributed by atoms with E-state index >= 15 is 0 Å². The van der Waals surface area contributed by atoms with Crippen LogP contribution in [0.2, 0.25) is 18.1 Å². The predicted octanol–water partition coefficient (Wildman–Crippen LogP) is 5.33. The van der Waals surface area contributed by atoms with Crippen LogP contribution in [0.1, 0.15) is 46.5 Å². The molecule has 2 aliphatic rings. The molecule has 0 aromatic heterocycles. The lowest BCUT2D eigenvalue weighted by Crippen LogP contribution is -2.40. The van der Waals surface area contributed by atoms with E-state index in [4.69, 9.17) is 9.16 Å². The van der Waals surface area contributed by atoms with Crippen LogP contribution in [0.5, 0.6) is 0 Å². The highest BCUT2D eigenvalue weighted by molar-refractivity contribution is 6.74. The van der Waals surface area contributed by atoms with E-state index in [0.717, 1.165) is 38.6 Å². The van der Waals surface area contributed by atoms with Crippen molar-refractivity contribution in [3.8, 4) is 0 Å². The molecule has 0 radical (unpaired) electrons. The highest BCUT2D eigenvalue weighted by Crippen LogP contribution is 2.56. The smallest absolute Gasteiger partial charge is 0.191 e. The molecular formula is C19H34O2Si. The van der Waals surface area contributed by atoms with Gasteiger partial charge >= 0.3 is 0 Å². The van der Waals surface area contributed by atoms with Crippen molar-refractivity contribution < 1.29 is 9.16 Å². The summed E-state index contributed by atoms with van der Waals surface area (Å²) in [6.07, 6.45) is 13.8. The lowest BCUT2D eigenvalue weighted by molar-refractivity contribution is 0.115. The Morgan fingerprint density at radius 2 is 1.68 bits per heavy atom. The van der Waals surface area contributed by atoms with Crippen LogP contribution in [0.4, 0.5) is 0 Å². The van der Waals surface area contributed by atoms with Crippen molar-refractivity contribution in [2.24, 2.45) is 11.3 Å². The lowest BCUT2D eigenvalue weighted by atomic mass is 10.1. The van der Waals surface area contributed by atoms with Crippen LogP contribution in [0.3, 0.4) is 0 Å². The van der Waals surface area contributed by atoms with Crippen molar-refractivity contribution in [2.75, 3.05) is 19.8 Å². The van der Waals surface area contributed by atoms with Gasteiger partial charge in [-0.2, -0.15) is 0 Å². The molecule has 0 bridgehead atoms. The summed E-state index contributed by atoms with van der Waals surface area (Å²) in [7, 11) is -1.55. The van der Waals surface area contributed by atoms with Gasteiger partial charge < -0.3 is 9.16 Å². The van der Waals surface area contributed by atoms with E-state index in [2.05, 4.69) is 58.2 Å². The van der Waals surface area contributed by atoms with Crippen LogP contribution < -0.4 is 0 Å². The van der Waals surface area contributed by atoms with E-state index in [1.54, 1.807) is 0 Å². The molecule has 0 heterocycles. The van der Waals surface area contributed by atoms with Gasteiger partial charge in [0.25, 0.3) is 0 Å². The fourth-order valence-corrected chi connectivity index (χ4v) is 3.86. The van der Waals surface area contributed by atoms with Crippen molar-refractivity contribution >= 4 is 8.32 Å². The zero-order valence-corrected chi connectivity index (χ0v) is 16.2. The van der Waals surface area contributed by atoms with Crippen molar-refractivity contribution in [1.29, 1.82) is 0 Å². The van der Waals surface area contributed by atoms with E-state index in [1.165, 1.54) is 12.8 Å². The number of ether oxygens (including phenoxy) is 1. The fraction of sp³-hybridized carbons (Fsp3) is 0.789. The Kier molecular flexibility index (Phi) is 5.73. The van der Waals surface area contributed by atoms with Crippen molar-refractivity contribution in [3.05, 3.63) is 24.3 Å². The summed E-state index contributed by atoms with van der Waals surface area (Å²) < 4.78 is 12.0. The number of rotatable bonds is 9. The van der Waals surface area contributed by atoms with Gasteiger partial charge in [0.2, 0.25) is 0 Å².